The number of anilines is 1. The Morgan fingerprint density at radius 3 is 2.69 bits per heavy atom. The molecule has 2 aromatic heterocycles. The zero-order chi connectivity index (χ0) is 19.8. The van der Waals surface area contributed by atoms with Crippen molar-refractivity contribution in [1.29, 1.82) is 0 Å². The summed E-state index contributed by atoms with van der Waals surface area (Å²) in [7, 11) is 0. The van der Waals surface area contributed by atoms with Crippen molar-refractivity contribution in [2.24, 2.45) is 0 Å². The number of aliphatic hydroxyl groups is 1. The van der Waals surface area contributed by atoms with Crippen LogP contribution in [0.5, 0.6) is 5.75 Å². The van der Waals surface area contributed by atoms with Crippen LogP contribution in [0.15, 0.2) is 48.8 Å². The third-order valence-electron chi connectivity index (χ3n) is 5.98. The minimum Gasteiger partial charge on any atom is -0.487 e. The number of piperidine rings is 1. The highest BCUT2D eigenvalue weighted by Gasteiger charge is 2.35. The number of rotatable bonds is 2. The summed E-state index contributed by atoms with van der Waals surface area (Å²) in [4.78, 5) is 15.9. The summed E-state index contributed by atoms with van der Waals surface area (Å²) in [6.07, 6.45) is 5.54. The zero-order valence-corrected chi connectivity index (χ0v) is 16.5. The fraction of sp³-hybridized carbons (Fsp3) is 0.348. The van der Waals surface area contributed by atoms with Crippen LogP contribution < -0.4 is 9.64 Å². The molecule has 29 heavy (non-hydrogen) atoms. The van der Waals surface area contributed by atoms with E-state index in [-0.39, 0.29) is 0 Å². The maximum atomic E-state index is 11.2. The molecule has 6 heteroatoms. The van der Waals surface area contributed by atoms with Crippen LogP contribution in [0.4, 0.5) is 5.82 Å². The molecule has 0 bridgehead atoms. The molecular formula is C23H24N4O2. The summed E-state index contributed by atoms with van der Waals surface area (Å²) in [5, 5.41) is 11.2. The Bertz CT molecular complexity index is 1030. The van der Waals surface area contributed by atoms with Gasteiger partial charge in [-0.05, 0) is 37.5 Å². The third kappa shape index (κ3) is 3.34. The van der Waals surface area contributed by atoms with Gasteiger partial charge in [0.05, 0.1) is 11.3 Å². The molecule has 2 aliphatic heterocycles. The molecule has 1 fully saturated rings. The Morgan fingerprint density at radius 1 is 1.07 bits per heavy atom. The van der Waals surface area contributed by atoms with Crippen LogP contribution in [-0.4, -0.2) is 33.1 Å². The molecule has 0 atom stereocenters. The lowest BCUT2D eigenvalue weighted by atomic mass is 9.85. The minimum absolute atomic E-state index is 0.455. The maximum Gasteiger partial charge on any atom is 0.136 e. The summed E-state index contributed by atoms with van der Waals surface area (Å²) in [6.45, 7) is 3.85. The monoisotopic (exact) mass is 388 g/mol. The van der Waals surface area contributed by atoms with Crippen LogP contribution in [0.3, 0.4) is 0 Å². The fourth-order valence-electron chi connectivity index (χ4n) is 4.34. The molecule has 0 aliphatic carbocycles. The molecule has 0 saturated carbocycles. The van der Waals surface area contributed by atoms with E-state index >= 15 is 0 Å². The van der Waals surface area contributed by atoms with E-state index in [9.17, 15) is 5.11 Å². The highest BCUT2D eigenvalue weighted by Crippen LogP contribution is 2.37. The first-order valence-electron chi connectivity index (χ1n) is 10.1. The van der Waals surface area contributed by atoms with E-state index in [4.69, 9.17) is 9.72 Å². The largest absolute Gasteiger partial charge is 0.487 e. The number of pyridine rings is 1. The van der Waals surface area contributed by atoms with E-state index < -0.39 is 5.60 Å². The quantitative estimate of drug-likeness (QED) is 0.727. The van der Waals surface area contributed by atoms with Gasteiger partial charge in [0, 0.05) is 43.0 Å². The number of fused-ring (bicyclic) bond motifs is 2. The SMILES string of the molecule is Cc1nc2c(c(N3CCC(O)(c4cccnc4)CC3)n1)Cc1ccccc1OC2. The lowest BCUT2D eigenvalue weighted by molar-refractivity contribution is 0.0113. The van der Waals surface area contributed by atoms with Gasteiger partial charge in [0.2, 0.25) is 0 Å². The van der Waals surface area contributed by atoms with Gasteiger partial charge in [-0.3, -0.25) is 4.98 Å². The molecule has 1 N–H and O–H groups in total. The van der Waals surface area contributed by atoms with Gasteiger partial charge >= 0.3 is 0 Å². The van der Waals surface area contributed by atoms with Gasteiger partial charge < -0.3 is 14.7 Å². The van der Waals surface area contributed by atoms with Gasteiger partial charge in [-0.25, -0.2) is 9.97 Å². The summed E-state index contributed by atoms with van der Waals surface area (Å²) in [5.74, 6) is 2.64. The lowest BCUT2D eigenvalue weighted by Crippen LogP contribution is -2.43. The first kappa shape index (κ1) is 18.1. The summed E-state index contributed by atoms with van der Waals surface area (Å²) >= 11 is 0. The van der Waals surface area contributed by atoms with Crippen molar-refractivity contribution in [2.75, 3.05) is 18.0 Å². The normalized spacial score (nSPS) is 17.7. The number of benzene rings is 1. The Hall–Kier alpha value is -2.99. The second kappa shape index (κ2) is 7.12. The van der Waals surface area contributed by atoms with Gasteiger partial charge in [0.1, 0.15) is 24.0 Å². The van der Waals surface area contributed by atoms with E-state index in [1.165, 1.54) is 0 Å². The van der Waals surface area contributed by atoms with Gasteiger partial charge in [-0.15, -0.1) is 0 Å². The predicted molar refractivity (Wildman–Crippen MR) is 110 cm³/mol. The van der Waals surface area contributed by atoms with E-state index in [1.807, 2.05) is 37.3 Å². The number of ether oxygens (including phenoxy) is 1. The molecule has 3 aromatic rings. The van der Waals surface area contributed by atoms with Crippen LogP contribution >= 0.6 is 0 Å². The number of aryl methyl sites for hydroxylation is 1. The first-order valence-corrected chi connectivity index (χ1v) is 10.1. The van der Waals surface area contributed by atoms with Gasteiger partial charge in [0.25, 0.3) is 0 Å². The molecule has 5 rings (SSSR count). The van der Waals surface area contributed by atoms with Crippen molar-refractivity contribution < 1.29 is 9.84 Å². The van der Waals surface area contributed by atoms with Crippen molar-refractivity contribution in [2.45, 2.75) is 38.4 Å². The number of hydrogen-bond acceptors (Lipinski definition) is 6. The fourth-order valence-corrected chi connectivity index (χ4v) is 4.34. The van der Waals surface area contributed by atoms with Crippen LogP contribution in [0, 0.1) is 6.92 Å². The molecule has 0 amide bonds. The highest BCUT2D eigenvalue weighted by molar-refractivity contribution is 5.54. The summed E-state index contributed by atoms with van der Waals surface area (Å²) in [6, 6.07) is 12.0. The lowest BCUT2D eigenvalue weighted by Gasteiger charge is -2.39. The molecule has 6 nitrogen and oxygen atoms in total. The number of para-hydroxylation sites is 1. The molecule has 0 radical (unpaired) electrons. The van der Waals surface area contributed by atoms with Crippen LogP contribution in [-0.2, 0) is 18.6 Å². The molecule has 4 heterocycles. The topological polar surface area (TPSA) is 71.4 Å². The van der Waals surface area contributed by atoms with Crippen molar-refractivity contribution in [1.82, 2.24) is 15.0 Å². The minimum atomic E-state index is -0.834. The number of nitrogens with zero attached hydrogens (tertiary/aromatic N) is 4. The summed E-state index contributed by atoms with van der Waals surface area (Å²) in [5.41, 5.74) is 3.30. The van der Waals surface area contributed by atoms with Crippen molar-refractivity contribution >= 4 is 5.82 Å². The Kier molecular flexibility index (Phi) is 4.43. The third-order valence-corrected chi connectivity index (χ3v) is 5.98. The molecule has 1 aromatic carbocycles. The van der Waals surface area contributed by atoms with Gasteiger partial charge in [-0.1, -0.05) is 24.3 Å². The second-order valence-corrected chi connectivity index (χ2v) is 7.85. The maximum absolute atomic E-state index is 11.2. The van der Waals surface area contributed by atoms with Gasteiger partial charge in [-0.2, -0.15) is 0 Å². The average molecular weight is 388 g/mol. The van der Waals surface area contributed by atoms with Crippen LogP contribution in [0.1, 0.15) is 41.1 Å². The zero-order valence-electron chi connectivity index (χ0n) is 16.5. The average Bonchev–Trinajstić information content (AvgIpc) is 2.94. The van der Waals surface area contributed by atoms with Crippen molar-refractivity contribution in [3.8, 4) is 5.75 Å². The molecular weight excluding hydrogens is 364 g/mol. The smallest absolute Gasteiger partial charge is 0.136 e. The second-order valence-electron chi connectivity index (χ2n) is 7.85. The molecule has 0 spiro atoms. The standard InChI is InChI=1S/C23H24N4O2/c1-16-25-20-15-29-21-7-3-2-5-17(21)13-19(20)22(26-16)27-11-8-23(28,9-12-27)18-6-4-10-24-14-18/h2-7,10,14,28H,8-9,11-13,15H2,1H3. The van der Waals surface area contributed by atoms with Crippen LogP contribution in [0.2, 0.25) is 0 Å². The summed E-state index contributed by atoms with van der Waals surface area (Å²) < 4.78 is 6.01. The highest BCUT2D eigenvalue weighted by atomic mass is 16.5. The van der Waals surface area contributed by atoms with Gasteiger partial charge in [0.15, 0.2) is 0 Å². The number of aromatic nitrogens is 3. The Balaban J connectivity index is 1.45. The van der Waals surface area contributed by atoms with E-state index in [0.29, 0.717) is 19.4 Å². The Labute approximate surface area is 170 Å². The van der Waals surface area contributed by atoms with E-state index in [2.05, 4.69) is 20.9 Å². The molecule has 2 aliphatic rings. The Morgan fingerprint density at radius 2 is 1.90 bits per heavy atom. The van der Waals surface area contributed by atoms with Crippen molar-refractivity contribution in [3.05, 3.63) is 77.0 Å². The van der Waals surface area contributed by atoms with E-state index in [1.54, 1.807) is 12.4 Å². The predicted octanol–water partition coefficient (Wildman–Crippen LogP) is 3.15. The number of hydrogen-bond donors (Lipinski definition) is 1. The van der Waals surface area contributed by atoms with E-state index in [0.717, 1.165) is 59.3 Å². The first-order chi connectivity index (χ1) is 14.1. The molecule has 1 saturated heterocycles. The molecule has 0 unspecified atom stereocenters. The molecule has 148 valence electrons. The van der Waals surface area contributed by atoms with Crippen molar-refractivity contribution in [3.63, 3.8) is 0 Å². The van der Waals surface area contributed by atoms with Crippen LogP contribution in [0.25, 0.3) is 0 Å².